The van der Waals surface area contributed by atoms with E-state index in [2.05, 4.69) is 21.2 Å². The highest BCUT2D eigenvalue weighted by Gasteiger charge is 2.19. The average molecular weight is 406 g/mol. The van der Waals surface area contributed by atoms with Gasteiger partial charge in [-0.25, -0.2) is 0 Å². The number of nitriles is 1. The fraction of sp³-hybridized carbons (Fsp3) is 0.294. The van der Waals surface area contributed by atoms with E-state index in [0.29, 0.717) is 30.6 Å². The molecule has 25 heavy (non-hydrogen) atoms. The number of furan rings is 2. The molecule has 0 atom stereocenters. The summed E-state index contributed by atoms with van der Waals surface area (Å²) in [5.74, 6) is 1.22. The maximum absolute atomic E-state index is 12.1. The molecule has 8 heteroatoms. The van der Waals surface area contributed by atoms with E-state index < -0.39 is 5.91 Å². The summed E-state index contributed by atoms with van der Waals surface area (Å²) >= 11 is 3.46. The smallest absolute Gasteiger partial charge is 0.262 e. The van der Waals surface area contributed by atoms with Crippen molar-refractivity contribution in [3.8, 4) is 6.07 Å². The zero-order chi connectivity index (χ0) is 17.6. The lowest BCUT2D eigenvalue weighted by Gasteiger charge is -2.26. The molecular formula is C17H16BrN3O4. The van der Waals surface area contributed by atoms with Gasteiger partial charge < -0.3 is 23.8 Å². The molecule has 1 fully saturated rings. The number of morpholine rings is 1. The highest BCUT2D eigenvalue weighted by Crippen LogP contribution is 2.31. The molecule has 0 unspecified atom stereocenters. The van der Waals surface area contributed by atoms with Gasteiger partial charge in [-0.15, -0.1) is 0 Å². The van der Waals surface area contributed by atoms with Crippen LogP contribution < -0.4 is 10.2 Å². The summed E-state index contributed by atoms with van der Waals surface area (Å²) in [6, 6.07) is 7.11. The number of hydrogen-bond donors (Lipinski definition) is 1. The number of nitrogens with zero attached hydrogens (tertiary/aromatic N) is 2. The number of rotatable bonds is 5. The number of ether oxygens (including phenoxy) is 1. The van der Waals surface area contributed by atoms with Crippen molar-refractivity contribution in [2.75, 3.05) is 31.2 Å². The van der Waals surface area contributed by atoms with E-state index in [0.717, 1.165) is 17.6 Å². The van der Waals surface area contributed by atoms with Crippen molar-refractivity contribution in [3.05, 3.63) is 46.0 Å². The summed E-state index contributed by atoms with van der Waals surface area (Å²) < 4.78 is 17.0. The second-order valence-corrected chi connectivity index (χ2v) is 6.19. The maximum Gasteiger partial charge on any atom is 0.262 e. The lowest BCUT2D eigenvalue weighted by Crippen LogP contribution is -2.36. The Kier molecular flexibility index (Phi) is 5.58. The normalized spacial score (nSPS) is 15.0. The van der Waals surface area contributed by atoms with Crippen LogP contribution in [0.1, 0.15) is 11.5 Å². The molecule has 3 heterocycles. The number of hydrogen-bond acceptors (Lipinski definition) is 6. The largest absolute Gasteiger partial charge is 0.467 e. The van der Waals surface area contributed by atoms with Crippen molar-refractivity contribution in [2.24, 2.45) is 0 Å². The quantitative estimate of drug-likeness (QED) is 0.607. The summed E-state index contributed by atoms with van der Waals surface area (Å²) in [6.45, 7) is 2.94. The third kappa shape index (κ3) is 4.32. The molecular weight excluding hydrogens is 390 g/mol. The SMILES string of the molecule is N#C/C(=C/c1cc(Br)c(N2CCOCC2)o1)C(=O)NCc1ccco1. The van der Waals surface area contributed by atoms with Crippen LogP contribution in [0.2, 0.25) is 0 Å². The molecule has 3 rings (SSSR count). The Labute approximate surface area is 153 Å². The minimum Gasteiger partial charge on any atom is -0.467 e. The lowest BCUT2D eigenvalue weighted by molar-refractivity contribution is -0.117. The monoisotopic (exact) mass is 405 g/mol. The van der Waals surface area contributed by atoms with E-state index in [9.17, 15) is 10.1 Å². The highest BCUT2D eigenvalue weighted by molar-refractivity contribution is 9.10. The van der Waals surface area contributed by atoms with Crippen LogP contribution in [-0.4, -0.2) is 32.2 Å². The van der Waals surface area contributed by atoms with Crippen molar-refractivity contribution in [2.45, 2.75) is 6.54 Å². The second kappa shape index (κ2) is 8.05. The van der Waals surface area contributed by atoms with Gasteiger partial charge in [0.25, 0.3) is 5.91 Å². The number of nitrogens with one attached hydrogen (secondary N) is 1. The van der Waals surface area contributed by atoms with Crippen LogP contribution in [0.4, 0.5) is 5.88 Å². The average Bonchev–Trinajstić information content (AvgIpc) is 3.28. The van der Waals surface area contributed by atoms with Gasteiger partial charge in [0.2, 0.25) is 5.88 Å². The van der Waals surface area contributed by atoms with Gasteiger partial charge in [0.15, 0.2) is 0 Å². The number of anilines is 1. The zero-order valence-corrected chi connectivity index (χ0v) is 14.9. The molecule has 7 nitrogen and oxygen atoms in total. The molecule has 0 aliphatic carbocycles. The molecule has 0 bridgehead atoms. The van der Waals surface area contributed by atoms with Crippen molar-refractivity contribution in [1.82, 2.24) is 5.32 Å². The van der Waals surface area contributed by atoms with E-state index in [1.807, 2.05) is 11.0 Å². The Morgan fingerprint density at radius 2 is 2.24 bits per heavy atom. The van der Waals surface area contributed by atoms with Gasteiger partial charge in [0.05, 0.1) is 30.5 Å². The number of halogens is 1. The van der Waals surface area contributed by atoms with Gasteiger partial charge in [-0.05, 0) is 28.1 Å². The first-order chi connectivity index (χ1) is 12.2. The maximum atomic E-state index is 12.1. The van der Waals surface area contributed by atoms with E-state index >= 15 is 0 Å². The Balaban J connectivity index is 1.71. The van der Waals surface area contributed by atoms with Crippen LogP contribution in [0.3, 0.4) is 0 Å². The van der Waals surface area contributed by atoms with E-state index in [-0.39, 0.29) is 12.1 Å². The van der Waals surface area contributed by atoms with Crippen LogP contribution in [0, 0.1) is 11.3 Å². The number of carbonyl (C=O) groups is 1. The van der Waals surface area contributed by atoms with E-state index in [4.69, 9.17) is 13.6 Å². The van der Waals surface area contributed by atoms with Crippen molar-refractivity contribution >= 4 is 33.8 Å². The van der Waals surface area contributed by atoms with Crippen LogP contribution in [0.15, 0.2) is 43.3 Å². The lowest BCUT2D eigenvalue weighted by atomic mass is 10.2. The van der Waals surface area contributed by atoms with Crippen LogP contribution in [-0.2, 0) is 16.1 Å². The van der Waals surface area contributed by atoms with Gasteiger partial charge in [-0.2, -0.15) is 5.26 Å². The third-order valence-corrected chi connectivity index (χ3v) is 4.21. The molecule has 1 aliphatic heterocycles. The summed E-state index contributed by atoms with van der Waals surface area (Å²) in [6.07, 6.45) is 2.95. The van der Waals surface area contributed by atoms with Crippen molar-refractivity contribution in [1.29, 1.82) is 5.26 Å². The molecule has 1 N–H and O–H groups in total. The molecule has 2 aromatic rings. The molecule has 1 aliphatic rings. The number of amides is 1. The topological polar surface area (TPSA) is 91.6 Å². The van der Waals surface area contributed by atoms with Gasteiger partial charge in [-0.3, -0.25) is 4.79 Å². The minimum atomic E-state index is -0.487. The molecule has 0 radical (unpaired) electrons. The van der Waals surface area contributed by atoms with Gasteiger partial charge in [0, 0.05) is 25.2 Å². The van der Waals surface area contributed by atoms with Crippen LogP contribution in [0.5, 0.6) is 0 Å². The zero-order valence-electron chi connectivity index (χ0n) is 13.3. The fourth-order valence-electron chi connectivity index (χ4n) is 2.40. The Morgan fingerprint density at radius 1 is 1.44 bits per heavy atom. The first kappa shape index (κ1) is 17.3. The Bertz CT molecular complexity index is 798. The first-order valence-electron chi connectivity index (χ1n) is 7.72. The molecule has 1 amide bonds. The summed E-state index contributed by atoms with van der Waals surface area (Å²) in [7, 11) is 0. The highest BCUT2D eigenvalue weighted by atomic mass is 79.9. The van der Waals surface area contributed by atoms with E-state index in [1.165, 1.54) is 12.3 Å². The molecule has 130 valence electrons. The van der Waals surface area contributed by atoms with Crippen LogP contribution >= 0.6 is 15.9 Å². The predicted molar refractivity (Wildman–Crippen MR) is 93.6 cm³/mol. The summed E-state index contributed by atoms with van der Waals surface area (Å²) in [5, 5.41) is 11.9. The van der Waals surface area contributed by atoms with Crippen LogP contribution in [0.25, 0.3) is 6.08 Å². The molecule has 0 saturated carbocycles. The van der Waals surface area contributed by atoms with Gasteiger partial charge in [-0.1, -0.05) is 0 Å². The molecule has 0 spiro atoms. The second-order valence-electron chi connectivity index (χ2n) is 5.33. The molecule has 1 saturated heterocycles. The van der Waals surface area contributed by atoms with Gasteiger partial charge >= 0.3 is 0 Å². The number of carbonyl (C=O) groups excluding carboxylic acids is 1. The third-order valence-electron chi connectivity index (χ3n) is 3.64. The van der Waals surface area contributed by atoms with Gasteiger partial charge in [0.1, 0.15) is 23.2 Å². The summed E-state index contributed by atoms with van der Waals surface area (Å²) in [5.41, 5.74) is -0.0404. The Morgan fingerprint density at radius 3 is 2.92 bits per heavy atom. The molecule has 0 aromatic carbocycles. The predicted octanol–water partition coefficient (Wildman–Crippen LogP) is 2.70. The van der Waals surface area contributed by atoms with E-state index in [1.54, 1.807) is 18.2 Å². The Hall–Kier alpha value is -2.50. The minimum absolute atomic E-state index is 0.0404. The first-order valence-corrected chi connectivity index (χ1v) is 8.51. The fourth-order valence-corrected chi connectivity index (χ4v) is 2.95. The van der Waals surface area contributed by atoms with Crippen molar-refractivity contribution < 1.29 is 18.4 Å². The molecule has 2 aromatic heterocycles. The standard InChI is InChI=1S/C17H16BrN3O4/c18-15-9-14(25-17(15)21-3-6-23-7-4-21)8-12(10-19)16(22)20-11-13-2-1-5-24-13/h1-2,5,8-9H,3-4,6-7,11H2,(H,20,22)/b12-8-. The summed E-state index contributed by atoms with van der Waals surface area (Å²) in [4.78, 5) is 14.2. The van der Waals surface area contributed by atoms with Crippen molar-refractivity contribution in [3.63, 3.8) is 0 Å².